The number of pyridine rings is 1. The van der Waals surface area contributed by atoms with Gasteiger partial charge in [-0.3, -0.25) is 9.88 Å². The smallest absolute Gasteiger partial charge is 0.230 e. The van der Waals surface area contributed by atoms with Crippen molar-refractivity contribution in [1.82, 2.24) is 34.8 Å². The highest BCUT2D eigenvalue weighted by molar-refractivity contribution is 6.32. The number of nitrogens with zero attached hydrogens (tertiary/aromatic N) is 7. The van der Waals surface area contributed by atoms with Gasteiger partial charge in [0, 0.05) is 36.5 Å². The predicted octanol–water partition coefficient (Wildman–Crippen LogP) is 5.96. The summed E-state index contributed by atoms with van der Waals surface area (Å²) >= 11 is 6.49. The topological polar surface area (TPSA) is 91.1 Å². The molecule has 6 rings (SSSR count). The van der Waals surface area contributed by atoms with Crippen molar-refractivity contribution in [3.05, 3.63) is 84.0 Å². The van der Waals surface area contributed by atoms with E-state index in [1.54, 1.807) is 24.4 Å². The number of benzene rings is 2. The van der Waals surface area contributed by atoms with Gasteiger partial charge in [-0.25, -0.2) is 14.6 Å². The van der Waals surface area contributed by atoms with Gasteiger partial charge in [0.05, 0.1) is 33.9 Å². The maximum atomic E-state index is 6.49. The van der Waals surface area contributed by atoms with E-state index in [4.69, 9.17) is 21.1 Å². The van der Waals surface area contributed by atoms with E-state index in [9.17, 15) is 0 Å². The van der Waals surface area contributed by atoms with Crippen LogP contribution in [0.1, 0.15) is 32.5 Å². The lowest BCUT2D eigenvalue weighted by atomic mass is 9.98. The minimum atomic E-state index is 0.159. The largest absolute Gasteiger partial charge is 0.486 e. The van der Waals surface area contributed by atoms with Gasteiger partial charge >= 0.3 is 0 Å². The Labute approximate surface area is 231 Å². The Morgan fingerprint density at radius 3 is 2.64 bits per heavy atom. The monoisotopic (exact) mass is 541 g/mol. The lowest BCUT2D eigenvalue weighted by Crippen LogP contribution is -2.56. The van der Waals surface area contributed by atoms with E-state index in [1.165, 1.54) is 6.33 Å². The fourth-order valence-electron chi connectivity index (χ4n) is 4.44. The molecule has 1 aliphatic rings. The van der Waals surface area contributed by atoms with Crippen LogP contribution in [0, 0.1) is 0 Å². The molecule has 0 amide bonds. The lowest BCUT2D eigenvalue weighted by Gasteiger charge is -2.47. The number of ether oxygens (including phenoxy) is 2. The van der Waals surface area contributed by atoms with E-state index in [1.807, 2.05) is 47.3 Å². The van der Waals surface area contributed by atoms with Gasteiger partial charge in [0.25, 0.3) is 0 Å². The average molecular weight is 542 g/mol. The van der Waals surface area contributed by atoms with Crippen LogP contribution >= 0.6 is 11.6 Å². The molecule has 0 saturated carbocycles. The molecule has 5 aromatic rings. The summed E-state index contributed by atoms with van der Waals surface area (Å²) < 4.78 is 13.9. The lowest BCUT2D eigenvalue weighted by molar-refractivity contribution is 0.0148. The maximum absolute atomic E-state index is 6.49. The van der Waals surface area contributed by atoms with Crippen LogP contribution in [0.25, 0.3) is 22.2 Å². The number of hydrogen-bond acceptors (Lipinski definition) is 8. The minimum absolute atomic E-state index is 0.159. The molecule has 0 aliphatic carbocycles. The third-order valence-electron chi connectivity index (χ3n) is 6.81. The van der Waals surface area contributed by atoms with E-state index in [-0.39, 0.29) is 5.54 Å². The number of hydrogen-bond donors (Lipinski definition) is 0. The molecule has 39 heavy (non-hydrogen) atoms. The summed E-state index contributed by atoms with van der Waals surface area (Å²) in [5.74, 6) is 1.51. The van der Waals surface area contributed by atoms with Crippen molar-refractivity contribution in [1.29, 1.82) is 0 Å². The van der Waals surface area contributed by atoms with Gasteiger partial charge in [-0.05, 0) is 57.2 Å². The van der Waals surface area contributed by atoms with Gasteiger partial charge in [0.1, 0.15) is 30.1 Å². The van der Waals surface area contributed by atoms with Crippen molar-refractivity contribution in [2.24, 2.45) is 0 Å². The van der Waals surface area contributed by atoms with Crippen LogP contribution in [-0.4, -0.2) is 53.5 Å². The van der Waals surface area contributed by atoms with E-state index in [0.29, 0.717) is 35.1 Å². The first-order valence-electron chi connectivity index (χ1n) is 12.8. The third-order valence-corrected chi connectivity index (χ3v) is 7.10. The highest BCUT2D eigenvalue weighted by atomic mass is 35.5. The Bertz CT molecular complexity index is 1610. The summed E-state index contributed by atoms with van der Waals surface area (Å²) in [6.45, 7) is 8.93. The van der Waals surface area contributed by atoms with Crippen LogP contribution in [0.5, 0.6) is 17.4 Å². The molecular formula is C29H28ClN7O2. The van der Waals surface area contributed by atoms with E-state index in [0.717, 1.165) is 40.9 Å². The standard InChI is InChI=1S/C29H28ClN7O2/c1-29(2,3)36-14-21(15-36)37-16-26(34-35-37)19-7-9-25-23(12-19)28(33-18-32-25)39-22-8-10-27(24(30)13-22)38-17-20-6-4-5-11-31-20/h4-13,16,18,21H,14-15,17H2,1-3H3. The molecule has 0 N–H and O–H groups in total. The number of likely N-dealkylation sites (tertiary alicyclic amines) is 1. The van der Waals surface area contributed by atoms with E-state index >= 15 is 0 Å². The molecular weight excluding hydrogens is 514 g/mol. The van der Waals surface area contributed by atoms with Crippen LogP contribution in [0.4, 0.5) is 0 Å². The molecule has 2 aromatic carbocycles. The second kappa shape index (κ2) is 10.2. The first-order valence-corrected chi connectivity index (χ1v) is 13.1. The number of aromatic nitrogens is 6. The van der Waals surface area contributed by atoms with Gasteiger partial charge in [-0.15, -0.1) is 5.10 Å². The number of fused-ring (bicyclic) bond motifs is 1. The summed E-state index contributed by atoms with van der Waals surface area (Å²) in [6.07, 6.45) is 5.21. The molecule has 9 nitrogen and oxygen atoms in total. The summed E-state index contributed by atoms with van der Waals surface area (Å²) in [5, 5.41) is 10.0. The van der Waals surface area contributed by atoms with Gasteiger partial charge in [0.2, 0.25) is 5.88 Å². The SMILES string of the molecule is CC(C)(C)N1CC(n2cc(-c3ccc4ncnc(Oc5ccc(OCc6ccccn6)c(Cl)c5)c4c3)nn2)C1. The van der Waals surface area contributed by atoms with Crippen LogP contribution in [0.3, 0.4) is 0 Å². The molecule has 1 saturated heterocycles. The zero-order chi connectivity index (χ0) is 27.0. The average Bonchev–Trinajstić information content (AvgIpc) is 3.37. The second-order valence-electron chi connectivity index (χ2n) is 10.5. The van der Waals surface area contributed by atoms with Crippen LogP contribution in [0.2, 0.25) is 5.02 Å². The Morgan fingerprint density at radius 1 is 1.00 bits per heavy atom. The van der Waals surface area contributed by atoms with Crippen molar-refractivity contribution in [2.45, 2.75) is 39.0 Å². The van der Waals surface area contributed by atoms with Crippen molar-refractivity contribution >= 4 is 22.5 Å². The van der Waals surface area contributed by atoms with Gasteiger partial charge < -0.3 is 9.47 Å². The Kier molecular flexibility index (Phi) is 6.62. The van der Waals surface area contributed by atoms with Crippen molar-refractivity contribution in [2.75, 3.05) is 13.1 Å². The highest BCUT2D eigenvalue weighted by Gasteiger charge is 2.36. The van der Waals surface area contributed by atoms with Gasteiger partial charge in [-0.1, -0.05) is 28.9 Å². The number of rotatable bonds is 7. The van der Waals surface area contributed by atoms with Crippen LogP contribution < -0.4 is 9.47 Å². The Hall–Kier alpha value is -4.08. The molecule has 0 radical (unpaired) electrons. The summed E-state index contributed by atoms with van der Waals surface area (Å²) in [4.78, 5) is 15.5. The Morgan fingerprint density at radius 2 is 1.87 bits per heavy atom. The maximum Gasteiger partial charge on any atom is 0.230 e. The first-order chi connectivity index (χ1) is 18.8. The van der Waals surface area contributed by atoms with E-state index < -0.39 is 0 Å². The van der Waals surface area contributed by atoms with Crippen molar-refractivity contribution in [3.8, 4) is 28.6 Å². The second-order valence-corrected chi connectivity index (χ2v) is 10.9. The molecule has 0 spiro atoms. The van der Waals surface area contributed by atoms with Crippen molar-refractivity contribution < 1.29 is 9.47 Å². The summed E-state index contributed by atoms with van der Waals surface area (Å²) in [5.41, 5.74) is 3.44. The molecule has 0 unspecified atom stereocenters. The molecule has 10 heteroatoms. The minimum Gasteiger partial charge on any atom is -0.486 e. The first kappa shape index (κ1) is 25.2. The summed E-state index contributed by atoms with van der Waals surface area (Å²) in [6, 6.07) is 17.2. The zero-order valence-electron chi connectivity index (χ0n) is 22.0. The third kappa shape index (κ3) is 5.41. The molecule has 0 bridgehead atoms. The molecule has 0 atom stereocenters. The van der Waals surface area contributed by atoms with Crippen LogP contribution in [0.15, 0.2) is 73.3 Å². The Balaban J connectivity index is 1.19. The van der Waals surface area contributed by atoms with Gasteiger partial charge in [-0.2, -0.15) is 0 Å². The fourth-order valence-corrected chi connectivity index (χ4v) is 4.67. The molecule has 3 aromatic heterocycles. The fraction of sp³-hybridized carbons (Fsp3) is 0.276. The number of halogens is 1. The molecule has 1 fully saturated rings. The normalized spacial score (nSPS) is 14.4. The summed E-state index contributed by atoms with van der Waals surface area (Å²) in [7, 11) is 0. The van der Waals surface area contributed by atoms with Gasteiger partial charge in [0.15, 0.2) is 0 Å². The van der Waals surface area contributed by atoms with E-state index in [2.05, 4.69) is 50.9 Å². The zero-order valence-corrected chi connectivity index (χ0v) is 22.7. The quantitative estimate of drug-likeness (QED) is 0.249. The van der Waals surface area contributed by atoms with Crippen LogP contribution in [-0.2, 0) is 6.61 Å². The molecule has 4 heterocycles. The molecule has 198 valence electrons. The highest BCUT2D eigenvalue weighted by Crippen LogP contribution is 2.35. The predicted molar refractivity (Wildman–Crippen MR) is 149 cm³/mol. The van der Waals surface area contributed by atoms with Crippen molar-refractivity contribution in [3.63, 3.8) is 0 Å². The molecule has 1 aliphatic heterocycles.